The van der Waals surface area contributed by atoms with E-state index in [1.807, 2.05) is 61.5 Å². The van der Waals surface area contributed by atoms with E-state index in [1.165, 1.54) is 0 Å². The van der Waals surface area contributed by atoms with Crippen molar-refractivity contribution < 1.29 is 14.4 Å². The molecule has 1 aliphatic heterocycles. The number of benzene rings is 2. The smallest absolute Gasteiger partial charge is 0.315 e. The first kappa shape index (κ1) is 22.3. The highest BCUT2D eigenvalue weighted by atomic mass is 16.2. The number of urea groups is 1. The van der Waals surface area contributed by atoms with Crippen LogP contribution < -0.4 is 15.5 Å². The fraction of sp³-hybridized carbons (Fsp3) is 0.375. The topological polar surface area (TPSA) is 81.8 Å². The molecule has 2 aromatic carbocycles. The van der Waals surface area contributed by atoms with Gasteiger partial charge in [-0.05, 0) is 36.6 Å². The third kappa shape index (κ3) is 6.31. The third-order valence-electron chi connectivity index (χ3n) is 5.42. The normalized spacial score (nSPS) is 14.3. The van der Waals surface area contributed by atoms with Crippen molar-refractivity contribution in [2.75, 3.05) is 25.0 Å². The lowest BCUT2D eigenvalue weighted by atomic mass is 10.1. The summed E-state index contributed by atoms with van der Waals surface area (Å²) in [7, 11) is 1.76. The summed E-state index contributed by atoms with van der Waals surface area (Å²) in [5.74, 6) is 0.109. The fourth-order valence-corrected chi connectivity index (χ4v) is 3.63. The highest BCUT2D eigenvalue weighted by Crippen LogP contribution is 2.24. The second-order valence-corrected chi connectivity index (χ2v) is 7.85. The van der Waals surface area contributed by atoms with Gasteiger partial charge in [0.15, 0.2) is 0 Å². The fourth-order valence-electron chi connectivity index (χ4n) is 3.63. The number of carbonyl (C=O) groups excluding carboxylic acids is 3. The van der Waals surface area contributed by atoms with E-state index < -0.39 is 0 Å². The Balaban J connectivity index is 1.43. The van der Waals surface area contributed by atoms with Gasteiger partial charge in [0.2, 0.25) is 11.8 Å². The zero-order valence-corrected chi connectivity index (χ0v) is 18.1. The lowest BCUT2D eigenvalue weighted by Crippen LogP contribution is -2.39. The van der Waals surface area contributed by atoms with Crippen LogP contribution in [0.15, 0.2) is 54.6 Å². The summed E-state index contributed by atoms with van der Waals surface area (Å²) >= 11 is 0. The van der Waals surface area contributed by atoms with Gasteiger partial charge in [0.25, 0.3) is 0 Å². The maximum absolute atomic E-state index is 12.3. The van der Waals surface area contributed by atoms with Crippen LogP contribution in [0.3, 0.4) is 0 Å². The Hall–Kier alpha value is -3.35. The molecule has 0 saturated carbocycles. The Morgan fingerprint density at radius 2 is 1.90 bits per heavy atom. The molecule has 164 valence electrons. The second kappa shape index (κ2) is 10.6. The number of hydrogen-bond donors (Lipinski definition) is 2. The van der Waals surface area contributed by atoms with Crippen molar-refractivity contribution in [1.29, 1.82) is 0 Å². The van der Waals surface area contributed by atoms with Crippen molar-refractivity contribution >= 4 is 23.5 Å². The molecule has 31 heavy (non-hydrogen) atoms. The van der Waals surface area contributed by atoms with Gasteiger partial charge in [0.05, 0.1) is 6.04 Å². The first-order chi connectivity index (χ1) is 14.9. The number of carbonyl (C=O) groups is 3. The molecule has 1 saturated heterocycles. The van der Waals surface area contributed by atoms with Crippen molar-refractivity contribution in [2.45, 2.75) is 38.8 Å². The van der Waals surface area contributed by atoms with Crippen molar-refractivity contribution in [3.63, 3.8) is 0 Å². The molecule has 0 radical (unpaired) electrons. The van der Waals surface area contributed by atoms with Crippen LogP contribution >= 0.6 is 0 Å². The lowest BCUT2D eigenvalue weighted by molar-refractivity contribution is -0.130. The van der Waals surface area contributed by atoms with Gasteiger partial charge in [-0.2, -0.15) is 0 Å². The van der Waals surface area contributed by atoms with E-state index in [9.17, 15) is 14.4 Å². The number of nitrogens with zero attached hydrogens (tertiary/aromatic N) is 2. The number of nitrogens with one attached hydrogen (secondary N) is 2. The van der Waals surface area contributed by atoms with Crippen LogP contribution in [0.2, 0.25) is 0 Å². The van der Waals surface area contributed by atoms with Crippen molar-refractivity contribution in [2.24, 2.45) is 0 Å². The Morgan fingerprint density at radius 1 is 1.13 bits per heavy atom. The zero-order chi connectivity index (χ0) is 22.2. The summed E-state index contributed by atoms with van der Waals surface area (Å²) in [6.07, 6.45) is 1.69. The Bertz CT molecular complexity index is 916. The summed E-state index contributed by atoms with van der Waals surface area (Å²) in [6.45, 7) is 3.43. The summed E-state index contributed by atoms with van der Waals surface area (Å²) in [4.78, 5) is 39.9. The predicted octanol–water partition coefficient (Wildman–Crippen LogP) is 3.22. The molecule has 4 amide bonds. The van der Waals surface area contributed by atoms with E-state index in [4.69, 9.17) is 0 Å². The average Bonchev–Trinajstić information content (AvgIpc) is 3.20. The number of rotatable bonds is 8. The summed E-state index contributed by atoms with van der Waals surface area (Å²) < 4.78 is 0. The SMILES string of the molecule is CC(NC(=O)NCCC(=O)N(C)Cc1ccccc1)c1cccc(N2CCCC2=O)c1. The van der Waals surface area contributed by atoms with Crippen LogP contribution in [-0.4, -0.2) is 42.9 Å². The predicted molar refractivity (Wildman–Crippen MR) is 121 cm³/mol. The van der Waals surface area contributed by atoms with Gasteiger partial charge in [-0.25, -0.2) is 4.79 Å². The van der Waals surface area contributed by atoms with Crippen LogP contribution in [0.25, 0.3) is 0 Å². The molecule has 0 aromatic heterocycles. The standard InChI is InChI=1S/C24H30N4O3/c1-18(20-10-6-11-21(16-20)28-15-7-12-23(28)30)26-24(31)25-14-13-22(29)27(2)17-19-8-4-3-5-9-19/h3-6,8-11,16,18H,7,12-15,17H2,1-2H3,(H2,25,26,31). The van der Waals surface area contributed by atoms with Crippen LogP contribution in [0.5, 0.6) is 0 Å². The zero-order valence-electron chi connectivity index (χ0n) is 18.1. The lowest BCUT2D eigenvalue weighted by Gasteiger charge is -2.20. The first-order valence-electron chi connectivity index (χ1n) is 10.7. The Labute approximate surface area is 183 Å². The van der Waals surface area contributed by atoms with Crippen molar-refractivity contribution in [1.82, 2.24) is 15.5 Å². The van der Waals surface area contributed by atoms with E-state index >= 15 is 0 Å². The monoisotopic (exact) mass is 422 g/mol. The molecule has 2 N–H and O–H groups in total. The molecule has 1 aliphatic rings. The van der Waals surface area contributed by atoms with Gasteiger partial charge in [-0.15, -0.1) is 0 Å². The van der Waals surface area contributed by atoms with Gasteiger partial charge < -0.3 is 20.4 Å². The van der Waals surface area contributed by atoms with E-state index in [0.717, 1.165) is 29.8 Å². The summed E-state index contributed by atoms with van der Waals surface area (Å²) in [6, 6.07) is 16.9. The van der Waals surface area contributed by atoms with Gasteiger partial charge in [-0.3, -0.25) is 9.59 Å². The molecular formula is C24H30N4O3. The highest BCUT2D eigenvalue weighted by Gasteiger charge is 2.22. The molecule has 0 bridgehead atoms. The molecule has 7 heteroatoms. The summed E-state index contributed by atoms with van der Waals surface area (Å²) in [5.41, 5.74) is 2.85. The quantitative estimate of drug-likeness (QED) is 0.685. The molecular weight excluding hydrogens is 392 g/mol. The van der Waals surface area contributed by atoms with Gasteiger partial charge in [-0.1, -0.05) is 42.5 Å². The minimum Gasteiger partial charge on any atom is -0.341 e. The van der Waals surface area contributed by atoms with Gasteiger partial charge in [0, 0.05) is 45.2 Å². The van der Waals surface area contributed by atoms with Crippen molar-refractivity contribution in [3.05, 3.63) is 65.7 Å². The van der Waals surface area contributed by atoms with E-state index in [-0.39, 0.29) is 36.9 Å². The highest BCUT2D eigenvalue weighted by molar-refractivity contribution is 5.95. The van der Waals surface area contributed by atoms with Crippen LogP contribution in [-0.2, 0) is 16.1 Å². The van der Waals surface area contributed by atoms with Crippen LogP contribution in [0, 0.1) is 0 Å². The molecule has 1 atom stereocenters. The van der Waals surface area contributed by atoms with Crippen LogP contribution in [0.1, 0.15) is 43.4 Å². The second-order valence-electron chi connectivity index (χ2n) is 7.85. The van der Waals surface area contributed by atoms with E-state index in [0.29, 0.717) is 13.0 Å². The Kier molecular flexibility index (Phi) is 7.65. The molecule has 1 heterocycles. The van der Waals surface area contributed by atoms with Gasteiger partial charge >= 0.3 is 6.03 Å². The molecule has 7 nitrogen and oxygen atoms in total. The number of hydrogen-bond acceptors (Lipinski definition) is 3. The number of amides is 4. The molecule has 2 aromatic rings. The largest absolute Gasteiger partial charge is 0.341 e. The van der Waals surface area contributed by atoms with E-state index in [2.05, 4.69) is 10.6 Å². The number of anilines is 1. The summed E-state index contributed by atoms with van der Waals surface area (Å²) in [5, 5.41) is 5.64. The maximum atomic E-state index is 12.3. The molecule has 0 spiro atoms. The van der Waals surface area contributed by atoms with Crippen LogP contribution in [0.4, 0.5) is 10.5 Å². The first-order valence-corrected chi connectivity index (χ1v) is 10.7. The van der Waals surface area contributed by atoms with Crippen molar-refractivity contribution in [3.8, 4) is 0 Å². The maximum Gasteiger partial charge on any atom is 0.315 e. The van der Waals surface area contributed by atoms with E-state index in [1.54, 1.807) is 16.8 Å². The molecule has 0 aliphatic carbocycles. The molecule has 1 fully saturated rings. The molecule has 1 unspecified atom stereocenters. The van der Waals surface area contributed by atoms with Gasteiger partial charge in [0.1, 0.15) is 0 Å². The Morgan fingerprint density at radius 3 is 2.61 bits per heavy atom. The minimum absolute atomic E-state index is 0.0276. The average molecular weight is 423 g/mol. The third-order valence-corrected chi connectivity index (χ3v) is 5.42. The minimum atomic E-state index is -0.325. The molecule has 3 rings (SSSR count).